The molecule has 1 aromatic carbocycles. The molecule has 1 aliphatic rings. The van der Waals surface area contributed by atoms with Gasteiger partial charge in [-0.3, -0.25) is 14.9 Å². The highest BCUT2D eigenvalue weighted by atomic mass is 16.6. The molecule has 114 valence electrons. The summed E-state index contributed by atoms with van der Waals surface area (Å²) in [6.45, 7) is 6.12. The first-order valence-corrected chi connectivity index (χ1v) is 7.35. The molecule has 0 radical (unpaired) electrons. The van der Waals surface area contributed by atoms with Gasteiger partial charge in [0.05, 0.1) is 10.5 Å². The van der Waals surface area contributed by atoms with Gasteiger partial charge in [-0.2, -0.15) is 0 Å². The number of carbonyl (C=O) groups excluding carboxylic acids is 1. The molecule has 1 atom stereocenters. The van der Waals surface area contributed by atoms with E-state index in [4.69, 9.17) is 0 Å². The first kappa shape index (κ1) is 15.3. The fourth-order valence-electron chi connectivity index (χ4n) is 2.60. The molecule has 0 spiro atoms. The van der Waals surface area contributed by atoms with Crippen LogP contribution in [0, 0.1) is 16.0 Å². The predicted molar refractivity (Wildman–Crippen MR) is 81.6 cm³/mol. The average molecular weight is 291 g/mol. The Balaban J connectivity index is 2.35. The Kier molecular flexibility index (Phi) is 4.77. The third kappa shape index (κ3) is 3.32. The van der Waals surface area contributed by atoms with Crippen LogP contribution in [0.2, 0.25) is 0 Å². The van der Waals surface area contributed by atoms with Gasteiger partial charge in [0.25, 0.3) is 11.6 Å². The SMILES string of the molecule is CCCNc1c(C(=O)N2CCC(C)C2)cccc1[N+](=O)[O-]. The maximum atomic E-state index is 12.6. The van der Waals surface area contributed by atoms with Crippen LogP contribution in [0.15, 0.2) is 18.2 Å². The zero-order chi connectivity index (χ0) is 15.4. The maximum Gasteiger partial charge on any atom is 0.293 e. The van der Waals surface area contributed by atoms with Crippen LogP contribution in [0.25, 0.3) is 0 Å². The molecule has 1 aliphatic heterocycles. The Morgan fingerprint density at radius 1 is 1.52 bits per heavy atom. The van der Waals surface area contributed by atoms with Gasteiger partial charge in [-0.05, 0) is 24.8 Å². The van der Waals surface area contributed by atoms with Crippen LogP contribution in [0.3, 0.4) is 0 Å². The van der Waals surface area contributed by atoms with E-state index in [9.17, 15) is 14.9 Å². The number of amides is 1. The van der Waals surface area contributed by atoms with Gasteiger partial charge >= 0.3 is 0 Å². The highest BCUT2D eigenvalue weighted by Crippen LogP contribution is 2.30. The maximum absolute atomic E-state index is 12.6. The number of carbonyl (C=O) groups is 1. The Morgan fingerprint density at radius 3 is 2.86 bits per heavy atom. The predicted octanol–water partition coefficient (Wildman–Crippen LogP) is 2.90. The lowest BCUT2D eigenvalue weighted by Crippen LogP contribution is -2.29. The highest BCUT2D eigenvalue weighted by molar-refractivity contribution is 6.01. The number of nitrogens with one attached hydrogen (secondary N) is 1. The lowest BCUT2D eigenvalue weighted by molar-refractivity contribution is -0.384. The van der Waals surface area contributed by atoms with E-state index >= 15 is 0 Å². The number of hydrogen-bond acceptors (Lipinski definition) is 4. The number of hydrogen-bond donors (Lipinski definition) is 1. The normalized spacial score (nSPS) is 17.8. The van der Waals surface area contributed by atoms with Crippen molar-refractivity contribution >= 4 is 17.3 Å². The number of nitrogens with zero attached hydrogens (tertiary/aromatic N) is 2. The average Bonchev–Trinajstić information content (AvgIpc) is 2.90. The van der Waals surface area contributed by atoms with Gasteiger partial charge in [-0.25, -0.2) is 0 Å². The van der Waals surface area contributed by atoms with Crippen LogP contribution >= 0.6 is 0 Å². The minimum absolute atomic E-state index is 0.0402. The van der Waals surface area contributed by atoms with E-state index in [1.807, 2.05) is 6.92 Å². The topological polar surface area (TPSA) is 75.5 Å². The van der Waals surface area contributed by atoms with Crippen molar-refractivity contribution in [2.24, 2.45) is 5.92 Å². The first-order valence-electron chi connectivity index (χ1n) is 7.35. The van der Waals surface area contributed by atoms with Gasteiger partial charge in [0.1, 0.15) is 5.69 Å². The molecule has 1 unspecified atom stereocenters. The summed E-state index contributed by atoms with van der Waals surface area (Å²) in [5.74, 6) is 0.362. The van der Waals surface area contributed by atoms with Crippen molar-refractivity contribution in [1.29, 1.82) is 0 Å². The van der Waals surface area contributed by atoms with Crippen LogP contribution in [-0.2, 0) is 0 Å². The lowest BCUT2D eigenvalue weighted by Gasteiger charge is -2.18. The summed E-state index contributed by atoms with van der Waals surface area (Å²) in [5.41, 5.74) is 0.696. The molecule has 21 heavy (non-hydrogen) atoms. The monoisotopic (exact) mass is 291 g/mol. The van der Waals surface area contributed by atoms with Crippen molar-refractivity contribution in [1.82, 2.24) is 4.90 Å². The van der Waals surface area contributed by atoms with Crippen LogP contribution in [0.5, 0.6) is 0 Å². The number of likely N-dealkylation sites (tertiary alicyclic amines) is 1. The van der Waals surface area contributed by atoms with Gasteiger partial charge in [0.15, 0.2) is 0 Å². The van der Waals surface area contributed by atoms with Gasteiger partial charge in [0.2, 0.25) is 0 Å². The molecule has 0 saturated carbocycles. The third-order valence-corrected chi connectivity index (χ3v) is 3.73. The van der Waals surface area contributed by atoms with E-state index in [-0.39, 0.29) is 11.6 Å². The molecular weight excluding hydrogens is 270 g/mol. The van der Waals surface area contributed by atoms with Crippen LogP contribution in [0.4, 0.5) is 11.4 Å². The minimum Gasteiger partial charge on any atom is -0.379 e. The van der Waals surface area contributed by atoms with E-state index in [1.54, 1.807) is 17.0 Å². The zero-order valence-electron chi connectivity index (χ0n) is 12.5. The smallest absolute Gasteiger partial charge is 0.293 e. The van der Waals surface area contributed by atoms with Crippen molar-refractivity contribution in [3.05, 3.63) is 33.9 Å². The Morgan fingerprint density at radius 2 is 2.29 bits per heavy atom. The van der Waals surface area contributed by atoms with Crippen LogP contribution < -0.4 is 5.32 Å². The Hall–Kier alpha value is -2.11. The van der Waals surface area contributed by atoms with E-state index in [1.165, 1.54) is 6.07 Å². The third-order valence-electron chi connectivity index (χ3n) is 3.73. The second-order valence-electron chi connectivity index (χ2n) is 5.53. The molecule has 1 aromatic rings. The van der Waals surface area contributed by atoms with Crippen molar-refractivity contribution < 1.29 is 9.72 Å². The molecule has 1 saturated heterocycles. The number of nitro groups is 1. The van der Waals surface area contributed by atoms with Gasteiger partial charge in [-0.1, -0.05) is 19.9 Å². The second-order valence-corrected chi connectivity index (χ2v) is 5.53. The van der Waals surface area contributed by atoms with Gasteiger partial charge in [-0.15, -0.1) is 0 Å². The molecule has 2 rings (SSSR count). The van der Waals surface area contributed by atoms with Crippen molar-refractivity contribution in [2.45, 2.75) is 26.7 Å². The number of nitro benzene ring substituents is 1. The number of anilines is 1. The molecule has 0 aromatic heterocycles. The molecule has 6 nitrogen and oxygen atoms in total. The van der Waals surface area contributed by atoms with Crippen molar-refractivity contribution in [3.63, 3.8) is 0 Å². The molecule has 1 N–H and O–H groups in total. The minimum atomic E-state index is -0.443. The Labute approximate surface area is 124 Å². The second kappa shape index (κ2) is 6.56. The first-order chi connectivity index (χ1) is 10.0. The quantitative estimate of drug-likeness (QED) is 0.668. The van der Waals surface area contributed by atoms with Crippen molar-refractivity contribution in [3.8, 4) is 0 Å². The number of rotatable bonds is 5. The summed E-state index contributed by atoms with van der Waals surface area (Å²) in [5, 5.41) is 14.2. The molecule has 0 aliphatic carbocycles. The molecular formula is C15H21N3O3. The Bertz CT molecular complexity index is 545. The van der Waals surface area contributed by atoms with E-state index in [0.29, 0.717) is 23.7 Å². The summed E-state index contributed by atoms with van der Waals surface area (Å²) in [4.78, 5) is 25.1. The zero-order valence-corrected chi connectivity index (χ0v) is 12.5. The van der Waals surface area contributed by atoms with Crippen LogP contribution in [-0.4, -0.2) is 35.4 Å². The fraction of sp³-hybridized carbons (Fsp3) is 0.533. The van der Waals surface area contributed by atoms with E-state index in [2.05, 4.69) is 12.2 Å². The van der Waals surface area contributed by atoms with Crippen LogP contribution in [0.1, 0.15) is 37.0 Å². The van der Waals surface area contributed by atoms with E-state index in [0.717, 1.165) is 25.9 Å². The fourth-order valence-corrected chi connectivity index (χ4v) is 2.60. The summed E-state index contributed by atoms with van der Waals surface area (Å²) >= 11 is 0. The molecule has 1 fully saturated rings. The van der Waals surface area contributed by atoms with Crippen molar-refractivity contribution in [2.75, 3.05) is 25.0 Å². The largest absolute Gasteiger partial charge is 0.379 e. The summed E-state index contributed by atoms with van der Waals surface area (Å²) < 4.78 is 0. The molecule has 1 amide bonds. The standard InChI is InChI=1S/C15H21N3O3/c1-3-8-16-14-12(5-4-6-13(14)18(20)21)15(19)17-9-7-11(2)10-17/h4-6,11,16H,3,7-10H2,1-2H3. The number of benzene rings is 1. The lowest BCUT2D eigenvalue weighted by atomic mass is 10.1. The number of para-hydroxylation sites is 1. The summed E-state index contributed by atoms with van der Waals surface area (Å²) in [7, 11) is 0. The summed E-state index contributed by atoms with van der Waals surface area (Å²) in [6.07, 6.45) is 1.82. The summed E-state index contributed by atoms with van der Waals surface area (Å²) in [6, 6.07) is 4.67. The molecule has 6 heteroatoms. The van der Waals surface area contributed by atoms with E-state index < -0.39 is 4.92 Å². The van der Waals surface area contributed by atoms with Gasteiger partial charge in [0, 0.05) is 25.7 Å². The molecule has 1 heterocycles. The highest BCUT2D eigenvalue weighted by Gasteiger charge is 2.28. The van der Waals surface area contributed by atoms with Gasteiger partial charge < -0.3 is 10.2 Å². The molecule has 0 bridgehead atoms.